The average molecular weight is 466 g/mol. The number of aryl methyl sites for hydroxylation is 3. The van der Waals surface area contributed by atoms with E-state index in [0.717, 1.165) is 36.6 Å². The van der Waals surface area contributed by atoms with E-state index in [0.29, 0.717) is 26.3 Å². The van der Waals surface area contributed by atoms with Crippen LogP contribution in [0.25, 0.3) is 0 Å². The van der Waals surface area contributed by atoms with Crippen molar-refractivity contribution in [3.05, 3.63) is 77.6 Å². The maximum atomic E-state index is 11.2. The van der Waals surface area contributed by atoms with Crippen LogP contribution >= 0.6 is 0 Å². The van der Waals surface area contributed by atoms with E-state index in [1.165, 1.54) is 11.1 Å². The fourth-order valence-electron chi connectivity index (χ4n) is 4.07. The average Bonchev–Trinajstić information content (AvgIpc) is 3.15. The number of nitrogens with zero attached hydrogens (tertiary/aromatic N) is 3. The Labute approximate surface area is 201 Å². The van der Waals surface area contributed by atoms with Gasteiger partial charge in [-0.2, -0.15) is 5.10 Å². The lowest BCUT2D eigenvalue weighted by Crippen LogP contribution is -2.48. The van der Waals surface area contributed by atoms with Gasteiger partial charge < -0.3 is 19.3 Å². The van der Waals surface area contributed by atoms with Crippen molar-refractivity contribution in [2.45, 2.75) is 39.0 Å². The van der Waals surface area contributed by atoms with Crippen LogP contribution in [0.15, 0.2) is 60.9 Å². The van der Waals surface area contributed by atoms with E-state index in [1.54, 1.807) is 0 Å². The Kier molecular flexibility index (Phi) is 8.21. The Morgan fingerprint density at radius 1 is 1.06 bits per heavy atom. The second kappa shape index (κ2) is 11.5. The summed E-state index contributed by atoms with van der Waals surface area (Å²) in [6.07, 6.45) is 4.80. The standard InChI is InChI=1S/C27H35N3O4/c1-22-7-9-25(10-8-22)34-21-27(31)19-29(12-14-32-20-27)18-24-5-3-6-26(15-24)33-13-4-11-30-17-23(2)16-28-30/h3,5-10,15-17,31H,4,11-14,18-21H2,1-2H3/t27-/m0/s1. The van der Waals surface area contributed by atoms with Gasteiger partial charge in [-0.05, 0) is 49.2 Å². The molecule has 2 aromatic carbocycles. The van der Waals surface area contributed by atoms with Crippen LogP contribution in [0.3, 0.4) is 0 Å². The van der Waals surface area contributed by atoms with E-state index in [9.17, 15) is 5.11 Å². The third-order valence-corrected chi connectivity index (χ3v) is 5.84. The summed E-state index contributed by atoms with van der Waals surface area (Å²) in [6.45, 7) is 8.51. The summed E-state index contributed by atoms with van der Waals surface area (Å²) in [5, 5.41) is 15.5. The van der Waals surface area contributed by atoms with Crippen molar-refractivity contribution in [3.63, 3.8) is 0 Å². The third-order valence-electron chi connectivity index (χ3n) is 5.84. The van der Waals surface area contributed by atoms with E-state index in [2.05, 4.69) is 22.1 Å². The smallest absolute Gasteiger partial charge is 0.134 e. The molecule has 7 heteroatoms. The van der Waals surface area contributed by atoms with Gasteiger partial charge in [-0.15, -0.1) is 0 Å². The van der Waals surface area contributed by atoms with Gasteiger partial charge in [0.05, 0.1) is 26.0 Å². The molecule has 4 rings (SSSR count). The molecule has 1 saturated heterocycles. The molecule has 1 atom stereocenters. The second-order valence-corrected chi connectivity index (χ2v) is 9.22. The monoisotopic (exact) mass is 465 g/mol. The van der Waals surface area contributed by atoms with Crippen LogP contribution in [-0.2, 0) is 17.8 Å². The molecule has 7 nitrogen and oxygen atoms in total. The number of β-amino-alcohol motifs (C(OH)–C–C–N with tert-alkyl or cyclic N) is 1. The van der Waals surface area contributed by atoms with Crippen LogP contribution in [0, 0.1) is 13.8 Å². The molecule has 1 fully saturated rings. The minimum absolute atomic E-state index is 0.186. The topological polar surface area (TPSA) is 69.0 Å². The van der Waals surface area contributed by atoms with Crippen molar-refractivity contribution in [1.29, 1.82) is 0 Å². The summed E-state index contributed by atoms with van der Waals surface area (Å²) in [5.74, 6) is 1.61. The van der Waals surface area contributed by atoms with E-state index in [1.807, 2.05) is 67.3 Å². The molecule has 182 valence electrons. The quantitative estimate of drug-likeness (QED) is 0.462. The van der Waals surface area contributed by atoms with E-state index >= 15 is 0 Å². The zero-order valence-corrected chi connectivity index (χ0v) is 20.2. The molecule has 34 heavy (non-hydrogen) atoms. The van der Waals surface area contributed by atoms with Crippen LogP contribution in [0.5, 0.6) is 11.5 Å². The van der Waals surface area contributed by atoms with Crippen molar-refractivity contribution in [2.24, 2.45) is 0 Å². The molecule has 0 bridgehead atoms. The van der Waals surface area contributed by atoms with Crippen LogP contribution in [0.4, 0.5) is 0 Å². The Morgan fingerprint density at radius 2 is 1.91 bits per heavy atom. The predicted molar refractivity (Wildman–Crippen MR) is 131 cm³/mol. The summed E-state index contributed by atoms with van der Waals surface area (Å²) in [5.41, 5.74) is 2.42. The summed E-state index contributed by atoms with van der Waals surface area (Å²) in [6, 6.07) is 16.0. The Balaban J connectivity index is 1.28. The molecule has 0 saturated carbocycles. The molecule has 0 aliphatic carbocycles. The van der Waals surface area contributed by atoms with Gasteiger partial charge in [0.15, 0.2) is 0 Å². The maximum Gasteiger partial charge on any atom is 0.134 e. The van der Waals surface area contributed by atoms with Gasteiger partial charge in [0, 0.05) is 38.8 Å². The van der Waals surface area contributed by atoms with Gasteiger partial charge in [-0.25, -0.2) is 0 Å². The number of ether oxygens (including phenoxy) is 3. The first-order valence-electron chi connectivity index (χ1n) is 11.9. The highest BCUT2D eigenvalue weighted by Gasteiger charge is 2.33. The zero-order chi connectivity index (χ0) is 23.8. The molecule has 3 aromatic rings. The molecule has 2 heterocycles. The molecule has 1 aliphatic rings. The summed E-state index contributed by atoms with van der Waals surface area (Å²) < 4.78 is 19.5. The Bertz CT molecular complexity index is 1040. The van der Waals surface area contributed by atoms with Crippen molar-refractivity contribution in [1.82, 2.24) is 14.7 Å². The van der Waals surface area contributed by atoms with Crippen LogP contribution in [-0.4, -0.2) is 64.9 Å². The molecule has 0 spiro atoms. The number of hydrogen-bond acceptors (Lipinski definition) is 6. The van der Waals surface area contributed by atoms with Crippen molar-refractivity contribution in [3.8, 4) is 11.5 Å². The van der Waals surface area contributed by atoms with E-state index < -0.39 is 5.60 Å². The highest BCUT2D eigenvalue weighted by Crippen LogP contribution is 2.20. The van der Waals surface area contributed by atoms with Gasteiger partial charge >= 0.3 is 0 Å². The normalized spacial score (nSPS) is 19.0. The van der Waals surface area contributed by atoms with E-state index in [4.69, 9.17) is 14.2 Å². The predicted octanol–water partition coefficient (Wildman–Crippen LogP) is 3.61. The van der Waals surface area contributed by atoms with Crippen molar-refractivity contribution < 1.29 is 19.3 Å². The minimum atomic E-state index is -1.07. The van der Waals surface area contributed by atoms with Gasteiger partial charge in [0.1, 0.15) is 23.7 Å². The lowest BCUT2D eigenvalue weighted by atomic mass is 10.1. The first-order chi connectivity index (χ1) is 16.5. The number of benzene rings is 2. The highest BCUT2D eigenvalue weighted by molar-refractivity contribution is 5.29. The lowest BCUT2D eigenvalue weighted by molar-refractivity contribution is -0.0646. The molecule has 1 aromatic heterocycles. The first-order valence-corrected chi connectivity index (χ1v) is 11.9. The highest BCUT2D eigenvalue weighted by atomic mass is 16.5. The lowest BCUT2D eigenvalue weighted by Gasteiger charge is -2.30. The van der Waals surface area contributed by atoms with Gasteiger partial charge in [-0.1, -0.05) is 29.8 Å². The first kappa shape index (κ1) is 24.3. The Morgan fingerprint density at radius 3 is 2.71 bits per heavy atom. The molecule has 0 unspecified atom stereocenters. The van der Waals surface area contributed by atoms with Crippen molar-refractivity contribution in [2.75, 3.05) is 39.5 Å². The number of aliphatic hydroxyl groups is 1. The summed E-state index contributed by atoms with van der Waals surface area (Å²) in [7, 11) is 0. The van der Waals surface area contributed by atoms with Crippen LogP contribution < -0.4 is 9.47 Å². The Hall–Kier alpha value is -2.87. The maximum absolute atomic E-state index is 11.2. The zero-order valence-electron chi connectivity index (χ0n) is 20.2. The SMILES string of the molecule is Cc1ccc(OC[C@@]2(O)COCCN(Cc3cccc(OCCCn4cc(C)cn4)c3)C2)cc1. The fourth-order valence-corrected chi connectivity index (χ4v) is 4.07. The molecular weight excluding hydrogens is 430 g/mol. The number of hydrogen-bond donors (Lipinski definition) is 1. The van der Waals surface area contributed by atoms with Gasteiger partial charge in [0.2, 0.25) is 0 Å². The van der Waals surface area contributed by atoms with E-state index in [-0.39, 0.29) is 13.2 Å². The van der Waals surface area contributed by atoms with Gasteiger partial charge in [-0.3, -0.25) is 9.58 Å². The molecule has 1 N–H and O–H groups in total. The van der Waals surface area contributed by atoms with Gasteiger partial charge in [0.25, 0.3) is 0 Å². The van der Waals surface area contributed by atoms with Crippen LogP contribution in [0.2, 0.25) is 0 Å². The summed E-state index contributed by atoms with van der Waals surface area (Å²) in [4.78, 5) is 2.21. The number of rotatable bonds is 10. The third kappa shape index (κ3) is 7.32. The second-order valence-electron chi connectivity index (χ2n) is 9.22. The summed E-state index contributed by atoms with van der Waals surface area (Å²) >= 11 is 0. The minimum Gasteiger partial charge on any atom is -0.494 e. The molecule has 0 radical (unpaired) electrons. The number of aromatic nitrogens is 2. The molecular formula is C27H35N3O4. The largest absolute Gasteiger partial charge is 0.494 e. The molecule has 1 aliphatic heterocycles. The molecule has 0 amide bonds. The van der Waals surface area contributed by atoms with Crippen molar-refractivity contribution >= 4 is 0 Å². The fraction of sp³-hybridized carbons (Fsp3) is 0.444. The van der Waals surface area contributed by atoms with Crippen LogP contribution in [0.1, 0.15) is 23.1 Å².